The Morgan fingerprint density at radius 3 is 2.33 bits per heavy atom. The second-order valence-electron chi connectivity index (χ2n) is 7.17. The zero-order chi connectivity index (χ0) is 21.3. The number of rotatable bonds is 5. The fourth-order valence-electron chi connectivity index (χ4n) is 3.67. The van der Waals surface area contributed by atoms with Gasteiger partial charge in [0, 0.05) is 12.1 Å². The molecule has 3 aromatic rings. The van der Waals surface area contributed by atoms with Crippen LogP contribution in [-0.2, 0) is 16.4 Å². The first-order chi connectivity index (χ1) is 14.4. The Balaban J connectivity index is 1.78. The van der Waals surface area contributed by atoms with Gasteiger partial charge >= 0.3 is 0 Å². The Bertz CT molecular complexity index is 1190. The molecule has 6 nitrogen and oxygen atoms in total. The van der Waals surface area contributed by atoms with Crippen molar-refractivity contribution in [3.05, 3.63) is 77.9 Å². The first kappa shape index (κ1) is 20.0. The van der Waals surface area contributed by atoms with Gasteiger partial charge in [-0.25, -0.2) is 8.42 Å². The van der Waals surface area contributed by atoms with Crippen molar-refractivity contribution in [2.45, 2.75) is 6.42 Å². The van der Waals surface area contributed by atoms with Crippen LogP contribution in [-0.4, -0.2) is 34.2 Å². The summed E-state index contributed by atoms with van der Waals surface area (Å²) in [5.74, 6) is 0.340. The topological polar surface area (TPSA) is 75.7 Å². The minimum absolute atomic E-state index is 0.314. The van der Waals surface area contributed by atoms with Gasteiger partial charge in [0.05, 0.1) is 24.7 Å². The molecule has 4 rings (SSSR count). The number of sulfonamides is 1. The largest absolute Gasteiger partial charge is 0.497 e. The number of ether oxygens (including phenoxy) is 1. The van der Waals surface area contributed by atoms with Crippen LogP contribution >= 0.6 is 0 Å². The van der Waals surface area contributed by atoms with Crippen molar-refractivity contribution in [1.82, 2.24) is 0 Å². The Morgan fingerprint density at radius 1 is 1.00 bits per heavy atom. The number of benzene rings is 3. The lowest BCUT2D eigenvalue weighted by Gasteiger charge is -2.21. The van der Waals surface area contributed by atoms with Gasteiger partial charge in [-0.1, -0.05) is 30.3 Å². The van der Waals surface area contributed by atoms with Gasteiger partial charge in [-0.15, -0.1) is 0 Å². The first-order valence-electron chi connectivity index (χ1n) is 9.52. The van der Waals surface area contributed by atoms with Crippen molar-refractivity contribution in [2.24, 2.45) is 0 Å². The number of nitrogens with zero attached hydrogens (tertiary/aromatic N) is 1. The molecule has 0 spiro atoms. The minimum Gasteiger partial charge on any atom is -0.497 e. The average molecular weight is 423 g/mol. The van der Waals surface area contributed by atoms with Crippen molar-refractivity contribution in [3.8, 4) is 16.9 Å². The van der Waals surface area contributed by atoms with Gasteiger partial charge < -0.3 is 10.1 Å². The second-order valence-corrected chi connectivity index (χ2v) is 9.07. The molecule has 1 aliphatic heterocycles. The number of hydrogen-bond acceptors (Lipinski definition) is 4. The lowest BCUT2D eigenvalue weighted by molar-refractivity contribution is 0.102. The molecule has 3 aromatic carbocycles. The van der Waals surface area contributed by atoms with Gasteiger partial charge in [-0.2, -0.15) is 0 Å². The predicted molar refractivity (Wildman–Crippen MR) is 119 cm³/mol. The van der Waals surface area contributed by atoms with Gasteiger partial charge in [0.1, 0.15) is 5.75 Å². The van der Waals surface area contributed by atoms with E-state index < -0.39 is 10.0 Å². The predicted octanol–water partition coefficient (Wildman–Crippen LogP) is 3.94. The fourth-order valence-corrected chi connectivity index (χ4v) is 4.64. The monoisotopic (exact) mass is 422 g/mol. The zero-order valence-electron chi connectivity index (χ0n) is 16.8. The lowest BCUT2D eigenvalue weighted by atomic mass is 10.00. The number of nitrogens with one attached hydrogen (secondary N) is 1. The molecule has 0 unspecified atom stereocenters. The highest BCUT2D eigenvalue weighted by Crippen LogP contribution is 2.41. The molecule has 1 heterocycles. The number of amides is 1. The highest BCUT2D eigenvalue weighted by molar-refractivity contribution is 7.92. The van der Waals surface area contributed by atoms with E-state index in [1.807, 2.05) is 42.5 Å². The molecule has 0 fully saturated rings. The highest BCUT2D eigenvalue weighted by Gasteiger charge is 2.30. The number of carbonyl (C=O) groups is 1. The van der Waals surface area contributed by atoms with Gasteiger partial charge in [-0.05, 0) is 59.5 Å². The molecule has 1 aliphatic rings. The van der Waals surface area contributed by atoms with Crippen LogP contribution in [0.2, 0.25) is 0 Å². The summed E-state index contributed by atoms with van der Waals surface area (Å²) >= 11 is 0. The van der Waals surface area contributed by atoms with Crippen LogP contribution in [0.1, 0.15) is 15.9 Å². The van der Waals surface area contributed by atoms with Crippen LogP contribution in [0.3, 0.4) is 0 Å². The molecule has 0 saturated carbocycles. The van der Waals surface area contributed by atoms with Crippen LogP contribution in [0.5, 0.6) is 5.75 Å². The fraction of sp³-hybridized carbons (Fsp3) is 0.174. The molecule has 7 heteroatoms. The number of methoxy groups -OCH3 is 1. The summed E-state index contributed by atoms with van der Waals surface area (Å²) in [4.78, 5) is 12.9. The van der Waals surface area contributed by atoms with E-state index in [1.54, 1.807) is 31.4 Å². The summed E-state index contributed by atoms with van der Waals surface area (Å²) in [5, 5.41) is 2.92. The van der Waals surface area contributed by atoms with Crippen LogP contribution in [0.4, 0.5) is 11.4 Å². The molecule has 0 aromatic heterocycles. The van der Waals surface area contributed by atoms with E-state index in [0.717, 1.165) is 16.7 Å². The lowest BCUT2D eigenvalue weighted by Crippen LogP contribution is -2.28. The van der Waals surface area contributed by atoms with E-state index in [-0.39, 0.29) is 5.91 Å². The third kappa shape index (κ3) is 3.89. The number of fused-ring (bicyclic) bond motifs is 1. The van der Waals surface area contributed by atoms with Gasteiger partial charge in [0.25, 0.3) is 5.91 Å². The molecule has 30 heavy (non-hydrogen) atoms. The maximum atomic E-state index is 12.9. The maximum absolute atomic E-state index is 12.9. The van der Waals surface area contributed by atoms with E-state index in [0.29, 0.717) is 35.7 Å². The van der Waals surface area contributed by atoms with Crippen molar-refractivity contribution < 1.29 is 17.9 Å². The van der Waals surface area contributed by atoms with Crippen molar-refractivity contribution in [3.63, 3.8) is 0 Å². The van der Waals surface area contributed by atoms with Crippen molar-refractivity contribution >= 4 is 27.3 Å². The average Bonchev–Trinajstić information content (AvgIpc) is 3.19. The quantitative estimate of drug-likeness (QED) is 0.676. The normalized spacial score (nSPS) is 13.1. The van der Waals surface area contributed by atoms with Crippen molar-refractivity contribution in [2.75, 3.05) is 29.5 Å². The molecule has 154 valence electrons. The van der Waals surface area contributed by atoms with Gasteiger partial charge in [0.15, 0.2) is 0 Å². The first-order valence-corrected chi connectivity index (χ1v) is 11.4. The summed E-state index contributed by atoms with van der Waals surface area (Å²) in [6.07, 6.45) is 1.77. The van der Waals surface area contributed by atoms with Gasteiger partial charge in [-0.3, -0.25) is 9.10 Å². The number of anilines is 2. The molecular weight excluding hydrogens is 400 g/mol. The standard InChI is InChI=1S/C23H22N2O4S/c1-29-20-10-8-17(9-11-20)23(26)24-21-15-19(16-6-4-3-5-7-16)14-18-12-13-25(22(18)21)30(2,27)28/h3-11,14-15H,12-13H2,1-2H3,(H,24,26). The Kier molecular flexibility index (Phi) is 5.22. The molecule has 1 N–H and O–H groups in total. The summed E-state index contributed by atoms with van der Waals surface area (Å²) in [6, 6.07) is 20.4. The summed E-state index contributed by atoms with van der Waals surface area (Å²) in [6.45, 7) is 0.359. The third-order valence-corrected chi connectivity index (χ3v) is 6.30. The van der Waals surface area contributed by atoms with Crippen molar-refractivity contribution in [1.29, 1.82) is 0 Å². The zero-order valence-corrected chi connectivity index (χ0v) is 17.6. The van der Waals surface area contributed by atoms with E-state index in [1.165, 1.54) is 10.6 Å². The van der Waals surface area contributed by atoms with E-state index in [2.05, 4.69) is 5.32 Å². The number of carbonyl (C=O) groups excluding carboxylic acids is 1. The molecule has 0 aliphatic carbocycles. The molecular formula is C23H22N2O4S. The van der Waals surface area contributed by atoms with Gasteiger partial charge in [0.2, 0.25) is 10.0 Å². The Hall–Kier alpha value is -3.32. The second kappa shape index (κ2) is 7.84. The molecule has 0 saturated heterocycles. The molecule has 0 radical (unpaired) electrons. The summed E-state index contributed by atoms with van der Waals surface area (Å²) in [7, 11) is -1.90. The highest BCUT2D eigenvalue weighted by atomic mass is 32.2. The SMILES string of the molecule is COc1ccc(C(=O)Nc2cc(-c3ccccc3)cc3c2N(S(C)(=O)=O)CC3)cc1. The van der Waals surface area contributed by atoms with E-state index >= 15 is 0 Å². The van der Waals surface area contributed by atoms with Crippen LogP contribution in [0, 0.1) is 0 Å². The maximum Gasteiger partial charge on any atom is 0.255 e. The van der Waals surface area contributed by atoms with Crippen LogP contribution < -0.4 is 14.4 Å². The Labute approximate surface area is 176 Å². The van der Waals surface area contributed by atoms with Crippen LogP contribution in [0.15, 0.2) is 66.7 Å². The minimum atomic E-state index is -3.46. The third-order valence-electron chi connectivity index (χ3n) is 5.13. The molecule has 0 bridgehead atoms. The Morgan fingerprint density at radius 2 is 1.70 bits per heavy atom. The number of hydrogen-bond donors (Lipinski definition) is 1. The molecule has 0 atom stereocenters. The summed E-state index contributed by atoms with van der Waals surface area (Å²) in [5.41, 5.74) is 4.30. The molecule has 1 amide bonds. The van der Waals surface area contributed by atoms with Crippen LogP contribution in [0.25, 0.3) is 11.1 Å². The smallest absolute Gasteiger partial charge is 0.255 e. The summed E-state index contributed by atoms with van der Waals surface area (Å²) < 4.78 is 31.2. The van der Waals surface area contributed by atoms with E-state index in [9.17, 15) is 13.2 Å². The van der Waals surface area contributed by atoms with E-state index in [4.69, 9.17) is 4.74 Å².